The summed E-state index contributed by atoms with van der Waals surface area (Å²) in [6.45, 7) is 3.34. The van der Waals surface area contributed by atoms with Crippen molar-refractivity contribution in [2.24, 2.45) is 5.92 Å². The van der Waals surface area contributed by atoms with Crippen molar-refractivity contribution in [3.63, 3.8) is 0 Å². The van der Waals surface area contributed by atoms with E-state index < -0.39 is 0 Å². The molecule has 3 rings (SSSR count). The molecule has 2 aliphatic heterocycles. The van der Waals surface area contributed by atoms with Gasteiger partial charge in [0.1, 0.15) is 5.75 Å². The summed E-state index contributed by atoms with van der Waals surface area (Å²) in [6.07, 6.45) is 3.63. The normalized spacial score (nSPS) is 16.9. The second kappa shape index (κ2) is 9.03. The molecule has 142 valence electrons. The zero-order valence-electron chi connectivity index (χ0n) is 15.5. The fraction of sp³-hybridized carbons (Fsp3) is 0.600. The van der Waals surface area contributed by atoms with E-state index >= 15 is 0 Å². The summed E-state index contributed by atoms with van der Waals surface area (Å²) >= 11 is 0. The van der Waals surface area contributed by atoms with Crippen molar-refractivity contribution in [1.82, 2.24) is 10.2 Å². The maximum Gasteiger partial charge on any atom is 0.226 e. The molecule has 1 N–H and O–H groups in total. The number of carbonyl (C=O) groups excluding carboxylic acids is 2. The van der Waals surface area contributed by atoms with Crippen molar-refractivity contribution < 1.29 is 19.1 Å². The number of methoxy groups -OCH3 is 1. The molecule has 0 saturated carbocycles. The van der Waals surface area contributed by atoms with E-state index in [9.17, 15) is 9.59 Å². The lowest BCUT2D eigenvalue weighted by Gasteiger charge is -2.31. The Kier molecular flexibility index (Phi) is 6.50. The summed E-state index contributed by atoms with van der Waals surface area (Å²) in [6, 6.07) is 6.02. The summed E-state index contributed by atoms with van der Waals surface area (Å²) in [5.74, 6) is 1.20. The van der Waals surface area contributed by atoms with Crippen LogP contribution in [0.1, 0.15) is 30.4 Å². The van der Waals surface area contributed by atoms with Crippen LogP contribution in [0.5, 0.6) is 5.75 Å². The lowest BCUT2D eigenvalue weighted by molar-refractivity contribution is -0.135. The highest BCUT2D eigenvalue weighted by atomic mass is 16.5. The van der Waals surface area contributed by atoms with E-state index in [2.05, 4.69) is 11.4 Å². The van der Waals surface area contributed by atoms with Crippen LogP contribution >= 0.6 is 0 Å². The van der Waals surface area contributed by atoms with Crippen LogP contribution in [0, 0.1) is 5.92 Å². The van der Waals surface area contributed by atoms with Crippen LogP contribution in [-0.4, -0.2) is 56.7 Å². The van der Waals surface area contributed by atoms with Gasteiger partial charge >= 0.3 is 0 Å². The molecule has 0 atom stereocenters. The Morgan fingerprint density at radius 3 is 2.88 bits per heavy atom. The molecule has 1 aromatic rings. The standard InChI is InChI=1S/C20H28N2O4/c1-25-11-2-8-21-20(24)16-5-9-22(10-6-16)19(23)14-15-3-4-18-17(13-15)7-12-26-18/h3-4,13,16H,2,5-12,14H2,1H3,(H,21,24). The minimum absolute atomic E-state index is 0.0127. The third-order valence-electron chi connectivity index (χ3n) is 5.15. The molecule has 2 aliphatic rings. The maximum atomic E-state index is 12.6. The predicted molar refractivity (Wildman–Crippen MR) is 98.2 cm³/mol. The SMILES string of the molecule is COCCCNC(=O)C1CCN(C(=O)Cc2ccc3c(c2)CCO3)CC1. The third kappa shape index (κ3) is 4.75. The number of benzene rings is 1. The Labute approximate surface area is 154 Å². The quantitative estimate of drug-likeness (QED) is 0.749. The summed E-state index contributed by atoms with van der Waals surface area (Å²) in [4.78, 5) is 26.6. The van der Waals surface area contributed by atoms with Gasteiger partial charge in [-0.05, 0) is 36.5 Å². The smallest absolute Gasteiger partial charge is 0.226 e. The van der Waals surface area contributed by atoms with Gasteiger partial charge in [0.2, 0.25) is 11.8 Å². The van der Waals surface area contributed by atoms with Gasteiger partial charge in [0.15, 0.2) is 0 Å². The zero-order valence-corrected chi connectivity index (χ0v) is 15.5. The van der Waals surface area contributed by atoms with Crippen molar-refractivity contribution >= 4 is 11.8 Å². The highest BCUT2D eigenvalue weighted by Crippen LogP contribution is 2.26. The van der Waals surface area contributed by atoms with Gasteiger partial charge in [-0.15, -0.1) is 0 Å². The van der Waals surface area contributed by atoms with E-state index in [4.69, 9.17) is 9.47 Å². The molecule has 0 aliphatic carbocycles. The van der Waals surface area contributed by atoms with Crippen LogP contribution < -0.4 is 10.1 Å². The molecule has 0 spiro atoms. The predicted octanol–water partition coefficient (Wildman–Crippen LogP) is 1.56. The molecule has 0 bridgehead atoms. The molecule has 0 aromatic heterocycles. The van der Waals surface area contributed by atoms with E-state index in [1.54, 1.807) is 7.11 Å². The lowest BCUT2D eigenvalue weighted by atomic mass is 9.95. The summed E-state index contributed by atoms with van der Waals surface area (Å²) < 4.78 is 10.5. The van der Waals surface area contributed by atoms with E-state index in [1.165, 1.54) is 5.56 Å². The number of amides is 2. The van der Waals surface area contributed by atoms with Crippen LogP contribution in [0.15, 0.2) is 18.2 Å². The zero-order chi connectivity index (χ0) is 18.4. The van der Waals surface area contributed by atoms with Gasteiger partial charge in [0.25, 0.3) is 0 Å². The Hall–Kier alpha value is -2.08. The Balaban J connectivity index is 1.42. The van der Waals surface area contributed by atoms with E-state index in [1.807, 2.05) is 17.0 Å². The first kappa shape index (κ1) is 18.7. The molecule has 26 heavy (non-hydrogen) atoms. The van der Waals surface area contributed by atoms with E-state index in [0.29, 0.717) is 32.7 Å². The first-order valence-corrected chi connectivity index (χ1v) is 9.46. The molecular weight excluding hydrogens is 332 g/mol. The van der Waals surface area contributed by atoms with Gasteiger partial charge in [-0.25, -0.2) is 0 Å². The van der Waals surface area contributed by atoms with Crippen molar-refractivity contribution in [3.8, 4) is 5.75 Å². The number of ether oxygens (including phenoxy) is 2. The van der Waals surface area contributed by atoms with Gasteiger partial charge in [0, 0.05) is 45.7 Å². The number of fused-ring (bicyclic) bond motifs is 1. The molecule has 1 aromatic carbocycles. The van der Waals surface area contributed by atoms with Gasteiger partial charge < -0.3 is 19.7 Å². The molecule has 1 saturated heterocycles. The second-order valence-corrected chi connectivity index (χ2v) is 7.01. The average molecular weight is 360 g/mol. The number of piperidine rings is 1. The van der Waals surface area contributed by atoms with Crippen molar-refractivity contribution in [3.05, 3.63) is 29.3 Å². The van der Waals surface area contributed by atoms with Gasteiger partial charge in [0.05, 0.1) is 13.0 Å². The van der Waals surface area contributed by atoms with Gasteiger partial charge in [-0.1, -0.05) is 12.1 Å². The van der Waals surface area contributed by atoms with Crippen molar-refractivity contribution in [2.75, 3.05) is 40.0 Å². The Morgan fingerprint density at radius 1 is 1.31 bits per heavy atom. The number of hydrogen-bond donors (Lipinski definition) is 1. The molecule has 0 radical (unpaired) electrons. The third-order valence-corrected chi connectivity index (χ3v) is 5.15. The molecule has 1 fully saturated rings. The van der Waals surface area contributed by atoms with Crippen molar-refractivity contribution in [1.29, 1.82) is 0 Å². The minimum Gasteiger partial charge on any atom is -0.493 e. The van der Waals surface area contributed by atoms with Crippen LogP contribution in [0.2, 0.25) is 0 Å². The fourth-order valence-corrected chi connectivity index (χ4v) is 3.60. The molecule has 2 heterocycles. The number of nitrogens with zero attached hydrogens (tertiary/aromatic N) is 1. The topological polar surface area (TPSA) is 67.9 Å². The summed E-state index contributed by atoms with van der Waals surface area (Å²) in [7, 11) is 1.66. The minimum atomic E-state index is 0.0127. The number of likely N-dealkylation sites (tertiary alicyclic amines) is 1. The Morgan fingerprint density at radius 2 is 2.12 bits per heavy atom. The molecule has 6 nitrogen and oxygen atoms in total. The number of rotatable bonds is 7. The van der Waals surface area contributed by atoms with Crippen molar-refractivity contribution in [2.45, 2.75) is 32.1 Å². The van der Waals surface area contributed by atoms with Gasteiger partial charge in [-0.3, -0.25) is 9.59 Å². The molecular formula is C20H28N2O4. The monoisotopic (exact) mass is 360 g/mol. The Bertz CT molecular complexity index is 639. The van der Waals surface area contributed by atoms with Crippen LogP contribution in [0.4, 0.5) is 0 Å². The largest absolute Gasteiger partial charge is 0.493 e. The average Bonchev–Trinajstić information content (AvgIpc) is 3.13. The summed E-state index contributed by atoms with van der Waals surface area (Å²) in [5, 5.41) is 2.96. The fourth-order valence-electron chi connectivity index (χ4n) is 3.60. The summed E-state index contributed by atoms with van der Waals surface area (Å²) in [5.41, 5.74) is 2.23. The first-order chi connectivity index (χ1) is 12.7. The molecule has 2 amide bonds. The number of carbonyl (C=O) groups is 2. The van der Waals surface area contributed by atoms with Crippen LogP contribution in [0.3, 0.4) is 0 Å². The van der Waals surface area contributed by atoms with E-state index in [-0.39, 0.29) is 17.7 Å². The number of nitrogens with one attached hydrogen (secondary N) is 1. The highest BCUT2D eigenvalue weighted by Gasteiger charge is 2.27. The second-order valence-electron chi connectivity index (χ2n) is 7.01. The highest BCUT2D eigenvalue weighted by molar-refractivity contribution is 5.81. The maximum absolute atomic E-state index is 12.6. The van der Waals surface area contributed by atoms with E-state index in [0.717, 1.165) is 43.6 Å². The lowest BCUT2D eigenvalue weighted by Crippen LogP contribution is -2.43. The molecule has 6 heteroatoms. The number of hydrogen-bond acceptors (Lipinski definition) is 4. The molecule has 0 unspecified atom stereocenters. The van der Waals surface area contributed by atoms with Crippen LogP contribution in [-0.2, 0) is 27.2 Å². The van der Waals surface area contributed by atoms with Gasteiger partial charge in [-0.2, -0.15) is 0 Å². The first-order valence-electron chi connectivity index (χ1n) is 9.46. The van der Waals surface area contributed by atoms with Crippen LogP contribution in [0.25, 0.3) is 0 Å².